The van der Waals surface area contributed by atoms with Crippen LogP contribution in [0.4, 0.5) is 5.69 Å². The molecule has 0 saturated carbocycles. The van der Waals surface area contributed by atoms with Gasteiger partial charge in [-0.05, 0) is 36.1 Å². The first kappa shape index (κ1) is 16.5. The molecule has 0 radical (unpaired) electrons. The van der Waals surface area contributed by atoms with E-state index in [2.05, 4.69) is 23.5 Å². The fraction of sp³-hybridized carbons (Fsp3) is 0.286. The lowest BCUT2D eigenvalue weighted by molar-refractivity contribution is 0.0828. The molecular formula is C21H22N2O3. The van der Waals surface area contributed by atoms with Gasteiger partial charge in [-0.3, -0.25) is 4.79 Å². The lowest BCUT2D eigenvalue weighted by atomic mass is 9.76. The van der Waals surface area contributed by atoms with Crippen molar-refractivity contribution in [1.82, 2.24) is 4.90 Å². The van der Waals surface area contributed by atoms with Crippen LogP contribution in [-0.2, 0) is 0 Å². The summed E-state index contributed by atoms with van der Waals surface area (Å²) in [4.78, 5) is 14.2. The molecule has 0 spiro atoms. The van der Waals surface area contributed by atoms with E-state index >= 15 is 0 Å². The fourth-order valence-electron chi connectivity index (χ4n) is 4.14. The van der Waals surface area contributed by atoms with Crippen LogP contribution in [0, 0.1) is 5.92 Å². The molecule has 5 heteroatoms. The van der Waals surface area contributed by atoms with Gasteiger partial charge in [0.1, 0.15) is 11.5 Å². The SMILES string of the molecule is CN(C)C(=O)c1cccc2c1NC(c1ccc(O)cc1O)C1CC=CC21. The molecule has 134 valence electrons. The van der Waals surface area contributed by atoms with E-state index in [4.69, 9.17) is 0 Å². The number of anilines is 1. The molecule has 4 rings (SSSR count). The highest BCUT2D eigenvalue weighted by molar-refractivity contribution is 6.00. The molecule has 1 heterocycles. The molecule has 0 aromatic heterocycles. The second-order valence-corrected chi connectivity index (χ2v) is 7.19. The number of carbonyl (C=O) groups excluding carboxylic acids is 1. The average Bonchev–Trinajstić information content (AvgIpc) is 3.10. The Morgan fingerprint density at radius 2 is 1.96 bits per heavy atom. The molecule has 0 bridgehead atoms. The minimum Gasteiger partial charge on any atom is -0.508 e. The van der Waals surface area contributed by atoms with Gasteiger partial charge in [-0.25, -0.2) is 0 Å². The zero-order valence-corrected chi connectivity index (χ0v) is 14.8. The third kappa shape index (κ3) is 2.51. The summed E-state index contributed by atoms with van der Waals surface area (Å²) in [5.74, 6) is 0.491. The van der Waals surface area contributed by atoms with Gasteiger partial charge < -0.3 is 20.4 Å². The minimum absolute atomic E-state index is 0.0343. The van der Waals surface area contributed by atoms with E-state index in [9.17, 15) is 15.0 Å². The topological polar surface area (TPSA) is 72.8 Å². The Balaban J connectivity index is 1.84. The maximum Gasteiger partial charge on any atom is 0.255 e. The molecule has 1 aliphatic heterocycles. The monoisotopic (exact) mass is 350 g/mol. The first-order valence-corrected chi connectivity index (χ1v) is 8.77. The summed E-state index contributed by atoms with van der Waals surface area (Å²) in [6.45, 7) is 0. The van der Waals surface area contributed by atoms with Crippen LogP contribution in [0.3, 0.4) is 0 Å². The number of hydrogen-bond acceptors (Lipinski definition) is 4. The Labute approximate surface area is 152 Å². The van der Waals surface area contributed by atoms with Crippen molar-refractivity contribution in [3.8, 4) is 11.5 Å². The van der Waals surface area contributed by atoms with E-state index in [-0.39, 0.29) is 35.3 Å². The Morgan fingerprint density at radius 3 is 2.69 bits per heavy atom. The summed E-state index contributed by atoms with van der Waals surface area (Å²) in [7, 11) is 3.48. The van der Waals surface area contributed by atoms with Gasteiger partial charge >= 0.3 is 0 Å². The van der Waals surface area contributed by atoms with Gasteiger partial charge in [-0.2, -0.15) is 0 Å². The van der Waals surface area contributed by atoms with Gasteiger partial charge in [0.05, 0.1) is 17.3 Å². The number of phenols is 2. The highest BCUT2D eigenvalue weighted by atomic mass is 16.3. The summed E-state index contributed by atoms with van der Waals surface area (Å²) in [5, 5.41) is 23.5. The zero-order chi connectivity index (χ0) is 18.4. The van der Waals surface area contributed by atoms with Gasteiger partial charge in [0.15, 0.2) is 0 Å². The van der Waals surface area contributed by atoms with Crippen LogP contribution >= 0.6 is 0 Å². The van der Waals surface area contributed by atoms with Gasteiger partial charge in [0, 0.05) is 31.6 Å². The molecular weight excluding hydrogens is 328 g/mol. The zero-order valence-electron chi connectivity index (χ0n) is 14.8. The Hall–Kier alpha value is -2.95. The standard InChI is InChI=1S/C21H22N2O3/c1-23(2)21(26)17-8-4-7-15-13-5-3-6-14(13)19(22-20(15)17)16-10-9-12(24)11-18(16)25/h3-5,7-11,13-14,19,22,24-25H,6H2,1-2H3. The number of benzene rings is 2. The minimum atomic E-state index is -0.140. The van der Waals surface area contributed by atoms with E-state index < -0.39 is 0 Å². The average molecular weight is 350 g/mol. The number of para-hydroxylation sites is 1. The van der Waals surface area contributed by atoms with Crippen molar-refractivity contribution in [3.63, 3.8) is 0 Å². The van der Waals surface area contributed by atoms with Crippen LogP contribution in [0.5, 0.6) is 11.5 Å². The molecule has 2 aromatic rings. The molecule has 5 nitrogen and oxygen atoms in total. The lowest BCUT2D eigenvalue weighted by Crippen LogP contribution is -2.32. The normalized spacial score (nSPS) is 23.1. The summed E-state index contributed by atoms with van der Waals surface area (Å²) < 4.78 is 0. The maximum atomic E-state index is 12.6. The molecule has 3 atom stereocenters. The van der Waals surface area contributed by atoms with Gasteiger partial charge in [-0.1, -0.05) is 24.3 Å². The van der Waals surface area contributed by atoms with E-state index in [1.54, 1.807) is 31.1 Å². The molecule has 1 amide bonds. The summed E-state index contributed by atoms with van der Waals surface area (Å²) in [6.07, 6.45) is 5.25. The second-order valence-electron chi connectivity index (χ2n) is 7.19. The van der Waals surface area contributed by atoms with E-state index in [1.165, 1.54) is 6.07 Å². The van der Waals surface area contributed by atoms with E-state index in [0.29, 0.717) is 5.56 Å². The van der Waals surface area contributed by atoms with Crippen molar-refractivity contribution < 1.29 is 15.0 Å². The molecule has 2 aliphatic rings. The number of rotatable bonds is 2. The number of amides is 1. The number of aromatic hydroxyl groups is 2. The predicted octanol–water partition coefficient (Wildman–Crippen LogP) is 3.63. The largest absolute Gasteiger partial charge is 0.508 e. The number of fused-ring (bicyclic) bond motifs is 3. The van der Waals surface area contributed by atoms with Gasteiger partial charge in [0.25, 0.3) is 5.91 Å². The number of hydrogen-bond donors (Lipinski definition) is 3. The molecule has 26 heavy (non-hydrogen) atoms. The van der Waals surface area contributed by atoms with Gasteiger partial charge in [-0.15, -0.1) is 0 Å². The number of carbonyl (C=O) groups is 1. The van der Waals surface area contributed by atoms with Crippen molar-refractivity contribution in [2.45, 2.75) is 18.4 Å². The third-order valence-corrected chi connectivity index (χ3v) is 5.38. The molecule has 3 unspecified atom stereocenters. The van der Waals surface area contributed by atoms with Crippen LogP contribution in [-0.4, -0.2) is 35.1 Å². The van der Waals surface area contributed by atoms with Crippen LogP contribution in [0.15, 0.2) is 48.6 Å². The lowest BCUT2D eigenvalue weighted by Gasteiger charge is -2.38. The van der Waals surface area contributed by atoms with Crippen LogP contribution < -0.4 is 5.32 Å². The highest BCUT2D eigenvalue weighted by Gasteiger charge is 2.40. The summed E-state index contributed by atoms with van der Waals surface area (Å²) in [6, 6.07) is 10.4. The second kappa shape index (κ2) is 6.09. The number of allylic oxidation sites excluding steroid dienone is 2. The van der Waals surface area contributed by atoms with E-state index in [0.717, 1.165) is 23.2 Å². The quantitative estimate of drug-likeness (QED) is 0.723. The Morgan fingerprint density at radius 1 is 1.15 bits per heavy atom. The van der Waals surface area contributed by atoms with Crippen molar-refractivity contribution in [1.29, 1.82) is 0 Å². The van der Waals surface area contributed by atoms with Crippen LogP contribution in [0.2, 0.25) is 0 Å². The van der Waals surface area contributed by atoms with Crippen molar-refractivity contribution in [2.75, 3.05) is 19.4 Å². The van der Waals surface area contributed by atoms with E-state index in [1.807, 2.05) is 12.1 Å². The first-order valence-electron chi connectivity index (χ1n) is 8.77. The van der Waals surface area contributed by atoms with Crippen molar-refractivity contribution >= 4 is 11.6 Å². The number of nitrogens with one attached hydrogen (secondary N) is 1. The number of phenolic OH excluding ortho intramolecular Hbond substituents is 2. The van der Waals surface area contributed by atoms with Crippen LogP contribution in [0.25, 0.3) is 0 Å². The summed E-state index contributed by atoms with van der Waals surface area (Å²) >= 11 is 0. The van der Waals surface area contributed by atoms with Crippen LogP contribution in [0.1, 0.15) is 39.9 Å². The molecule has 3 N–H and O–H groups in total. The smallest absolute Gasteiger partial charge is 0.255 e. The van der Waals surface area contributed by atoms with Gasteiger partial charge in [0.2, 0.25) is 0 Å². The molecule has 0 fully saturated rings. The third-order valence-electron chi connectivity index (χ3n) is 5.38. The molecule has 0 saturated heterocycles. The predicted molar refractivity (Wildman–Crippen MR) is 101 cm³/mol. The number of nitrogens with zero attached hydrogens (tertiary/aromatic N) is 1. The fourth-order valence-corrected chi connectivity index (χ4v) is 4.14. The first-order chi connectivity index (χ1) is 12.5. The maximum absolute atomic E-state index is 12.6. The van der Waals surface area contributed by atoms with Crippen molar-refractivity contribution in [2.24, 2.45) is 5.92 Å². The molecule has 2 aromatic carbocycles. The molecule has 1 aliphatic carbocycles. The Kier molecular flexibility index (Phi) is 3.87. The highest BCUT2D eigenvalue weighted by Crippen LogP contribution is 2.52. The van der Waals surface area contributed by atoms with Crippen molar-refractivity contribution in [3.05, 3.63) is 65.2 Å². The summed E-state index contributed by atoms with van der Waals surface area (Å²) in [5.41, 5.74) is 3.32. The Bertz CT molecular complexity index is 904.